The Labute approximate surface area is 144 Å². The number of hydrogen-bond donors (Lipinski definition) is 1. The zero-order chi connectivity index (χ0) is 17.4. The molecule has 0 saturated heterocycles. The summed E-state index contributed by atoms with van der Waals surface area (Å²) in [6, 6.07) is 15.7. The first-order chi connectivity index (χ1) is 12.1. The van der Waals surface area contributed by atoms with Gasteiger partial charge in [-0.1, -0.05) is 35.5 Å². The summed E-state index contributed by atoms with van der Waals surface area (Å²) in [5.74, 6) is 0.609. The fourth-order valence-electron chi connectivity index (χ4n) is 2.73. The van der Waals surface area contributed by atoms with E-state index in [1.807, 2.05) is 31.2 Å². The van der Waals surface area contributed by atoms with Gasteiger partial charge in [0.2, 0.25) is 14.9 Å². The summed E-state index contributed by atoms with van der Waals surface area (Å²) in [7, 11) is -3.81. The van der Waals surface area contributed by atoms with Crippen LogP contribution < -0.4 is 5.32 Å². The van der Waals surface area contributed by atoms with Crippen LogP contribution in [-0.2, 0) is 9.84 Å². The van der Waals surface area contributed by atoms with Crippen molar-refractivity contribution in [2.75, 3.05) is 11.9 Å². The van der Waals surface area contributed by atoms with Gasteiger partial charge in [0, 0.05) is 11.9 Å². The number of aromatic nitrogens is 4. The minimum absolute atomic E-state index is 0.149. The third kappa shape index (κ3) is 2.42. The predicted molar refractivity (Wildman–Crippen MR) is 94.3 cm³/mol. The molecule has 0 aliphatic carbocycles. The maximum atomic E-state index is 12.9. The average Bonchev–Trinajstić information content (AvgIpc) is 3.08. The fraction of sp³-hybridized carbons (Fsp3) is 0.118. The number of rotatable bonds is 4. The van der Waals surface area contributed by atoms with Crippen LogP contribution in [0.2, 0.25) is 0 Å². The molecule has 7 nitrogen and oxygen atoms in total. The van der Waals surface area contributed by atoms with Crippen LogP contribution in [0, 0.1) is 0 Å². The van der Waals surface area contributed by atoms with E-state index in [9.17, 15) is 8.42 Å². The standard InChI is InChI=1S/C17H15N5O2S/c1-2-18-15-13-10-6-7-11-14(13)22-16(19-15)17(20-21-22)25(23,24)12-8-4-3-5-9-12/h3-11H,2H2,1H3,(H,18,19). The number of hydrogen-bond acceptors (Lipinski definition) is 6. The molecule has 4 aromatic rings. The summed E-state index contributed by atoms with van der Waals surface area (Å²) in [5.41, 5.74) is 0.948. The largest absolute Gasteiger partial charge is 0.370 e. The zero-order valence-electron chi connectivity index (χ0n) is 13.4. The van der Waals surface area contributed by atoms with E-state index >= 15 is 0 Å². The molecule has 2 heterocycles. The van der Waals surface area contributed by atoms with Gasteiger partial charge in [-0.25, -0.2) is 13.4 Å². The number of sulfone groups is 1. The molecule has 0 bridgehead atoms. The maximum Gasteiger partial charge on any atom is 0.229 e. The highest BCUT2D eigenvalue weighted by Crippen LogP contribution is 2.27. The van der Waals surface area contributed by atoms with Gasteiger partial charge in [0.15, 0.2) is 5.65 Å². The molecule has 0 aliphatic rings. The van der Waals surface area contributed by atoms with Gasteiger partial charge in [-0.15, -0.1) is 5.10 Å². The van der Waals surface area contributed by atoms with E-state index in [4.69, 9.17) is 0 Å². The van der Waals surface area contributed by atoms with Gasteiger partial charge in [0.1, 0.15) is 5.82 Å². The van der Waals surface area contributed by atoms with Crippen LogP contribution >= 0.6 is 0 Å². The quantitative estimate of drug-likeness (QED) is 0.606. The van der Waals surface area contributed by atoms with Gasteiger partial charge in [0.25, 0.3) is 0 Å². The predicted octanol–water partition coefficient (Wildman–Crippen LogP) is 2.54. The highest BCUT2D eigenvalue weighted by Gasteiger charge is 2.26. The maximum absolute atomic E-state index is 12.9. The van der Waals surface area contributed by atoms with E-state index in [1.54, 1.807) is 18.2 Å². The Morgan fingerprint density at radius 1 is 1.04 bits per heavy atom. The molecule has 8 heteroatoms. The molecule has 0 saturated carbocycles. The van der Waals surface area contributed by atoms with Crippen molar-refractivity contribution in [3.05, 3.63) is 54.6 Å². The van der Waals surface area contributed by atoms with Crippen LogP contribution in [-0.4, -0.2) is 34.8 Å². The summed E-state index contributed by atoms with van der Waals surface area (Å²) in [5, 5.41) is 11.8. The Kier molecular flexibility index (Phi) is 3.61. The lowest BCUT2D eigenvalue weighted by molar-refractivity contribution is 0.592. The second kappa shape index (κ2) is 5.82. The molecule has 0 amide bonds. The second-order valence-electron chi connectivity index (χ2n) is 5.45. The van der Waals surface area contributed by atoms with Crippen molar-refractivity contribution in [1.29, 1.82) is 0 Å². The lowest BCUT2D eigenvalue weighted by Crippen LogP contribution is -2.06. The second-order valence-corrected chi connectivity index (χ2v) is 7.32. The lowest BCUT2D eigenvalue weighted by atomic mass is 10.2. The summed E-state index contributed by atoms with van der Waals surface area (Å²) in [6.07, 6.45) is 0. The highest BCUT2D eigenvalue weighted by atomic mass is 32.2. The molecule has 0 aliphatic heterocycles. The van der Waals surface area contributed by atoms with E-state index in [1.165, 1.54) is 16.6 Å². The van der Waals surface area contributed by atoms with Gasteiger partial charge in [-0.05, 0) is 31.2 Å². The number of anilines is 1. The molecule has 0 radical (unpaired) electrons. The lowest BCUT2D eigenvalue weighted by Gasteiger charge is -2.08. The summed E-state index contributed by atoms with van der Waals surface area (Å²) in [4.78, 5) is 4.66. The Morgan fingerprint density at radius 2 is 1.76 bits per heavy atom. The molecular weight excluding hydrogens is 338 g/mol. The van der Waals surface area contributed by atoms with Gasteiger partial charge in [-0.3, -0.25) is 0 Å². The smallest absolute Gasteiger partial charge is 0.229 e. The molecule has 1 N–H and O–H groups in total. The number of benzene rings is 2. The third-order valence-electron chi connectivity index (χ3n) is 3.87. The van der Waals surface area contributed by atoms with Crippen molar-refractivity contribution in [2.24, 2.45) is 0 Å². The molecular formula is C17H15N5O2S. The minimum Gasteiger partial charge on any atom is -0.370 e. The van der Waals surface area contributed by atoms with Crippen molar-refractivity contribution in [3.8, 4) is 0 Å². The number of para-hydroxylation sites is 1. The average molecular weight is 353 g/mol. The van der Waals surface area contributed by atoms with Crippen LogP contribution in [0.3, 0.4) is 0 Å². The van der Waals surface area contributed by atoms with Gasteiger partial charge in [0.05, 0.1) is 10.4 Å². The van der Waals surface area contributed by atoms with Crippen LogP contribution in [0.5, 0.6) is 0 Å². The van der Waals surface area contributed by atoms with E-state index in [-0.39, 0.29) is 15.6 Å². The van der Waals surface area contributed by atoms with E-state index in [0.717, 1.165) is 10.9 Å². The third-order valence-corrected chi connectivity index (χ3v) is 5.54. The molecule has 0 atom stereocenters. The van der Waals surface area contributed by atoms with Crippen LogP contribution in [0.15, 0.2) is 64.5 Å². The molecule has 0 spiro atoms. The van der Waals surface area contributed by atoms with Crippen LogP contribution in [0.25, 0.3) is 16.6 Å². The van der Waals surface area contributed by atoms with Crippen molar-refractivity contribution in [1.82, 2.24) is 19.8 Å². The fourth-order valence-corrected chi connectivity index (χ4v) is 3.99. The SMILES string of the molecule is CCNc1nc2c(S(=O)(=O)c3ccccc3)nnn2c2ccccc12. The Morgan fingerprint density at radius 3 is 2.52 bits per heavy atom. The number of fused-ring (bicyclic) bond motifs is 3. The summed E-state index contributed by atoms with van der Waals surface area (Å²) >= 11 is 0. The summed E-state index contributed by atoms with van der Waals surface area (Å²) in [6.45, 7) is 2.62. The number of nitrogens with zero attached hydrogens (tertiary/aromatic N) is 4. The molecule has 25 heavy (non-hydrogen) atoms. The highest BCUT2D eigenvalue weighted by molar-refractivity contribution is 7.91. The van der Waals surface area contributed by atoms with Gasteiger partial charge >= 0.3 is 0 Å². The van der Waals surface area contributed by atoms with Crippen molar-refractivity contribution >= 4 is 32.2 Å². The normalized spacial score (nSPS) is 11.9. The molecule has 126 valence electrons. The Bertz CT molecular complexity index is 1170. The molecule has 2 aromatic heterocycles. The first-order valence-corrected chi connectivity index (χ1v) is 9.29. The monoisotopic (exact) mass is 353 g/mol. The van der Waals surface area contributed by atoms with E-state index < -0.39 is 9.84 Å². The first-order valence-electron chi connectivity index (χ1n) is 7.81. The molecule has 4 rings (SSSR count). The van der Waals surface area contributed by atoms with Crippen molar-refractivity contribution in [2.45, 2.75) is 16.8 Å². The molecule has 2 aromatic carbocycles. The molecule has 0 fully saturated rings. The zero-order valence-corrected chi connectivity index (χ0v) is 14.2. The number of nitrogens with one attached hydrogen (secondary N) is 1. The van der Waals surface area contributed by atoms with Gasteiger partial charge < -0.3 is 5.32 Å². The van der Waals surface area contributed by atoms with E-state index in [2.05, 4.69) is 20.6 Å². The van der Waals surface area contributed by atoms with Gasteiger partial charge in [-0.2, -0.15) is 4.52 Å². The first kappa shape index (κ1) is 15.5. The van der Waals surface area contributed by atoms with Crippen molar-refractivity contribution < 1.29 is 8.42 Å². The Balaban J connectivity index is 2.05. The van der Waals surface area contributed by atoms with Crippen LogP contribution in [0.4, 0.5) is 5.82 Å². The topological polar surface area (TPSA) is 89.2 Å². The minimum atomic E-state index is -3.81. The van der Waals surface area contributed by atoms with Crippen molar-refractivity contribution in [3.63, 3.8) is 0 Å². The van der Waals surface area contributed by atoms with E-state index in [0.29, 0.717) is 12.4 Å². The Hall–Kier alpha value is -3.00. The summed E-state index contributed by atoms with van der Waals surface area (Å²) < 4.78 is 27.3. The van der Waals surface area contributed by atoms with Crippen LogP contribution in [0.1, 0.15) is 6.92 Å². The molecule has 0 unspecified atom stereocenters.